The van der Waals surface area contributed by atoms with Crippen LogP contribution in [0.1, 0.15) is 19.8 Å². The molecule has 0 nitrogen and oxygen atoms in total. The molecule has 0 bridgehead atoms. The standard InChI is InChI=1S/C5H5.C3H7.Hf/c1-2-4-5-3-1;1-3-2;/h1-3H,4H2;1,3H2,2H3;/q2*-1;. The number of hydrogen-bond donors (Lipinski definition) is 0. The molecule has 0 spiro atoms. The van der Waals surface area contributed by atoms with Crippen molar-refractivity contribution in [2.24, 2.45) is 0 Å². The smallest absolute Gasteiger partial charge is 0 e. The summed E-state index contributed by atoms with van der Waals surface area (Å²) in [6.07, 6.45) is 11.0. The normalized spacial score (nSPS) is 11.8. The Balaban J connectivity index is 0. The maximum Gasteiger partial charge on any atom is 0 e. The molecule has 1 rings (SSSR count). The average Bonchev–Trinajstić information content (AvgIpc) is 2.17. The summed E-state index contributed by atoms with van der Waals surface area (Å²) in [6.45, 7) is 5.50. The van der Waals surface area contributed by atoms with Crippen LogP contribution in [-0.2, 0) is 25.8 Å². The van der Waals surface area contributed by atoms with E-state index in [1.165, 1.54) is 0 Å². The molecule has 0 aromatic rings. The summed E-state index contributed by atoms with van der Waals surface area (Å²) in [4.78, 5) is 0. The summed E-state index contributed by atoms with van der Waals surface area (Å²) in [7, 11) is 0. The molecule has 0 saturated carbocycles. The molecule has 0 aliphatic heterocycles. The Labute approximate surface area is 76.8 Å². The quantitative estimate of drug-likeness (QED) is 0.474. The minimum atomic E-state index is 0. The second-order valence-electron chi connectivity index (χ2n) is 1.50. The summed E-state index contributed by atoms with van der Waals surface area (Å²) in [5, 5.41) is 0. The molecule has 0 saturated heterocycles. The van der Waals surface area contributed by atoms with Gasteiger partial charge in [-0.1, -0.05) is 6.92 Å². The molecule has 0 heterocycles. The molecular weight excluding hydrogens is 275 g/mol. The van der Waals surface area contributed by atoms with Crippen LogP contribution in [0.15, 0.2) is 18.2 Å². The van der Waals surface area contributed by atoms with Crippen LogP contribution in [0, 0.1) is 13.0 Å². The van der Waals surface area contributed by atoms with Gasteiger partial charge in [-0.25, -0.2) is 12.2 Å². The second-order valence-corrected chi connectivity index (χ2v) is 1.50. The van der Waals surface area contributed by atoms with Crippen molar-refractivity contribution in [1.29, 1.82) is 0 Å². The van der Waals surface area contributed by atoms with Gasteiger partial charge in [-0.3, -0.25) is 6.08 Å². The molecule has 0 aromatic carbocycles. The van der Waals surface area contributed by atoms with Crippen LogP contribution in [-0.4, -0.2) is 0 Å². The minimum Gasteiger partial charge on any atom is -0.344 e. The van der Waals surface area contributed by atoms with Crippen molar-refractivity contribution in [3.8, 4) is 0 Å². The summed E-state index contributed by atoms with van der Waals surface area (Å²) in [6, 6.07) is 0. The van der Waals surface area contributed by atoms with Crippen LogP contribution < -0.4 is 0 Å². The molecule has 50 valence electrons. The average molecular weight is 287 g/mol. The van der Waals surface area contributed by atoms with Crippen molar-refractivity contribution in [2.45, 2.75) is 19.8 Å². The molecule has 0 N–H and O–H groups in total. The Kier molecular flexibility index (Phi) is 15.0. The van der Waals surface area contributed by atoms with Crippen LogP contribution in [0.4, 0.5) is 0 Å². The fourth-order valence-electron chi connectivity index (χ4n) is 0.340. The molecule has 1 aliphatic carbocycles. The second kappa shape index (κ2) is 11.2. The van der Waals surface area contributed by atoms with E-state index in [1.807, 2.05) is 19.1 Å². The van der Waals surface area contributed by atoms with Crippen molar-refractivity contribution >= 4 is 0 Å². The van der Waals surface area contributed by atoms with E-state index in [-0.39, 0.29) is 25.8 Å². The molecule has 0 fully saturated rings. The van der Waals surface area contributed by atoms with E-state index in [9.17, 15) is 0 Å². The first kappa shape index (κ1) is 12.1. The Morgan fingerprint density at radius 2 is 2.22 bits per heavy atom. The molecule has 1 aliphatic rings. The van der Waals surface area contributed by atoms with Crippen molar-refractivity contribution in [1.82, 2.24) is 0 Å². The summed E-state index contributed by atoms with van der Waals surface area (Å²) < 4.78 is 0. The maximum atomic E-state index is 3.49. The van der Waals surface area contributed by atoms with E-state index in [1.54, 1.807) is 0 Å². The third-order valence-corrected chi connectivity index (χ3v) is 0.586. The van der Waals surface area contributed by atoms with Crippen LogP contribution in [0.3, 0.4) is 0 Å². The first-order valence-electron chi connectivity index (χ1n) is 2.92. The van der Waals surface area contributed by atoms with Crippen LogP contribution in [0.2, 0.25) is 0 Å². The third kappa shape index (κ3) is 11.8. The van der Waals surface area contributed by atoms with E-state index < -0.39 is 0 Å². The van der Waals surface area contributed by atoms with E-state index >= 15 is 0 Å². The predicted molar refractivity (Wildman–Crippen MR) is 37.2 cm³/mol. The van der Waals surface area contributed by atoms with Crippen LogP contribution in [0.25, 0.3) is 0 Å². The molecule has 0 aromatic heterocycles. The van der Waals surface area contributed by atoms with Crippen molar-refractivity contribution in [3.63, 3.8) is 0 Å². The van der Waals surface area contributed by atoms with Gasteiger partial charge in [0.1, 0.15) is 0 Å². The van der Waals surface area contributed by atoms with Gasteiger partial charge < -0.3 is 6.92 Å². The Morgan fingerprint density at radius 3 is 2.33 bits per heavy atom. The molecule has 0 amide bonds. The fraction of sp³-hybridized carbons (Fsp3) is 0.375. The van der Waals surface area contributed by atoms with E-state index in [2.05, 4.69) is 19.1 Å². The Hall–Kier alpha value is 0.350. The number of rotatable bonds is 0. The SMILES string of the molecule is [C-]1=CC=CC1.[CH2-]CC.[Hf]. The zero-order valence-corrected chi connectivity index (χ0v) is 9.45. The van der Waals surface area contributed by atoms with E-state index in [4.69, 9.17) is 0 Å². The maximum absolute atomic E-state index is 3.49. The molecule has 0 unspecified atom stereocenters. The number of allylic oxidation sites excluding steroid dienone is 4. The van der Waals surface area contributed by atoms with Gasteiger partial charge in [0.15, 0.2) is 0 Å². The van der Waals surface area contributed by atoms with Crippen molar-refractivity contribution < 1.29 is 25.8 Å². The van der Waals surface area contributed by atoms with Gasteiger partial charge >= 0.3 is 0 Å². The zero-order chi connectivity index (χ0) is 6.24. The first-order valence-corrected chi connectivity index (χ1v) is 2.92. The van der Waals surface area contributed by atoms with Crippen molar-refractivity contribution in [2.75, 3.05) is 0 Å². The molecular formula is C8H12Hf-2. The zero-order valence-electron chi connectivity index (χ0n) is 5.85. The molecule has 9 heavy (non-hydrogen) atoms. The van der Waals surface area contributed by atoms with Gasteiger partial charge in [0, 0.05) is 25.8 Å². The minimum absolute atomic E-state index is 0. The topological polar surface area (TPSA) is 0 Å². The summed E-state index contributed by atoms with van der Waals surface area (Å²) in [5.41, 5.74) is 0. The molecule has 0 atom stereocenters. The largest absolute Gasteiger partial charge is 0.344 e. The van der Waals surface area contributed by atoms with Gasteiger partial charge in [-0.05, 0) is 0 Å². The van der Waals surface area contributed by atoms with Crippen LogP contribution >= 0.6 is 0 Å². The monoisotopic (exact) mass is 288 g/mol. The summed E-state index contributed by atoms with van der Waals surface area (Å²) >= 11 is 0. The number of hydrogen-bond acceptors (Lipinski definition) is 0. The molecule has 0 radical (unpaired) electrons. The predicted octanol–water partition coefficient (Wildman–Crippen LogP) is 2.53. The van der Waals surface area contributed by atoms with Crippen LogP contribution in [0.5, 0.6) is 0 Å². The van der Waals surface area contributed by atoms with Gasteiger partial charge in [0.05, 0.1) is 0 Å². The van der Waals surface area contributed by atoms with E-state index in [0.717, 1.165) is 12.8 Å². The summed E-state index contributed by atoms with van der Waals surface area (Å²) in [5.74, 6) is 0. The fourth-order valence-corrected chi connectivity index (χ4v) is 0.340. The van der Waals surface area contributed by atoms with Gasteiger partial charge in [-0.2, -0.15) is 12.5 Å². The Bertz CT molecular complexity index is 72.6. The third-order valence-electron chi connectivity index (χ3n) is 0.586. The van der Waals surface area contributed by atoms with E-state index in [0.29, 0.717) is 0 Å². The molecule has 1 heteroatoms. The van der Waals surface area contributed by atoms with Gasteiger partial charge in [0.25, 0.3) is 0 Å². The van der Waals surface area contributed by atoms with Gasteiger partial charge in [0.2, 0.25) is 0 Å². The van der Waals surface area contributed by atoms with Gasteiger partial charge in [-0.15, -0.1) is 6.42 Å². The first-order chi connectivity index (χ1) is 3.91. The Morgan fingerprint density at radius 1 is 1.67 bits per heavy atom. The van der Waals surface area contributed by atoms with Crippen molar-refractivity contribution in [3.05, 3.63) is 31.2 Å².